The van der Waals surface area contributed by atoms with Crippen molar-refractivity contribution in [2.75, 3.05) is 7.11 Å². The number of carboxylic acid groups (broad SMARTS) is 1. The van der Waals surface area contributed by atoms with Crippen molar-refractivity contribution in [3.05, 3.63) is 23.2 Å². The van der Waals surface area contributed by atoms with E-state index >= 15 is 0 Å². The summed E-state index contributed by atoms with van der Waals surface area (Å²) in [6.45, 7) is 8.04. The van der Waals surface area contributed by atoms with Gasteiger partial charge in [0.25, 0.3) is 5.91 Å². The summed E-state index contributed by atoms with van der Waals surface area (Å²) >= 11 is 0. The normalized spacial score (nSPS) is 25.1. The molecular formula is C18H27NO5. The molecule has 6 heteroatoms. The van der Waals surface area contributed by atoms with Crippen LogP contribution in [-0.4, -0.2) is 36.2 Å². The second-order valence-electron chi connectivity index (χ2n) is 6.69. The zero-order valence-corrected chi connectivity index (χ0v) is 15.0. The second kappa shape index (κ2) is 6.97. The number of rotatable bonds is 7. The lowest BCUT2D eigenvalue weighted by Crippen LogP contribution is -2.70. The molecule has 0 radical (unpaired) electrons. The van der Waals surface area contributed by atoms with Crippen LogP contribution in [-0.2, 0) is 16.0 Å². The Kier molecular flexibility index (Phi) is 5.38. The van der Waals surface area contributed by atoms with Crippen molar-refractivity contribution < 1.29 is 23.8 Å². The van der Waals surface area contributed by atoms with E-state index in [4.69, 9.17) is 14.3 Å². The SMILES string of the molecule is CCC1(CC)C(NC(=O)c2c(C)coc2CC(=O)O)C(C)C1OC. The summed E-state index contributed by atoms with van der Waals surface area (Å²) in [5.41, 5.74) is 0.901. The number of carbonyl (C=O) groups excluding carboxylic acids is 1. The van der Waals surface area contributed by atoms with Crippen molar-refractivity contribution in [1.82, 2.24) is 5.32 Å². The molecule has 0 aromatic carbocycles. The Balaban J connectivity index is 2.24. The Morgan fingerprint density at radius 2 is 2.00 bits per heavy atom. The number of hydrogen-bond donors (Lipinski definition) is 2. The molecule has 0 saturated heterocycles. The number of ether oxygens (including phenoxy) is 1. The monoisotopic (exact) mass is 337 g/mol. The first kappa shape index (κ1) is 18.5. The van der Waals surface area contributed by atoms with Crippen molar-refractivity contribution in [1.29, 1.82) is 0 Å². The fourth-order valence-corrected chi connectivity index (χ4v) is 4.38. The molecule has 3 unspecified atom stereocenters. The third-order valence-corrected chi connectivity index (χ3v) is 5.64. The molecule has 1 aromatic heterocycles. The molecule has 1 amide bonds. The van der Waals surface area contributed by atoms with Crippen molar-refractivity contribution in [3.8, 4) is 0 Å². The minimum atomic E-state index is -1.02. The van der Waals surface area contributed by atoms with Crippen LogP contribution in [0.1, 0.15) is 55.3 Å². The predicted molar refractivity (Wildman–Crippen MR) is 89.0 cm³/mol. The third kappa shape index (κ3) is 2.83. The lowest BCUT2D eigenvalue weighted by atomic mass is 9.53. The summed E-state index contributed by atoms with van der Waals surface area (Å²) in [6.07, 6.45) is 3.06. The van der Waals surface area contributed by atoms with Crippen LogP contribution in [0.3, 0.4) is 0 Å². The molecular weight excluding hydrogens is 310 g/mol. The molecule has 1 aliphatic carbocycles. The zero-order chi connectivity index (χ0) is 18.1. The Labute approximate surface area is 142 Å². The predicted octanol–water partition coefficient (Wildman–Crippen LogP) is 2.78. The standard InChI is InChI=1S/C18H27NO5/c1-6-18(7-2)15(11(4)16(18)23-5)19-17(22)14-10(3)9-24-12(14)8-13(20)21/h9,11,15-16H,6-8H2,1-5H3,(H,19,22)(H,20,21). The van der Waals surface area contributed by atoms with Crippen molar-refractivity contribution in [3.63, 3.8) is 0 Å². The zero-order valence-electron chi connectivity index (χ0n) is 15.0. The largest absolute Gasteiger partial charge is 0.481 e. The maximum absolute atomic E-state index is 12.8. The van der Waals surface area contributed by atoms with Crippen LogP contribution < -0.4 is 5.32 Å². The molecule has 24 heavy (non-hydrogen) atoms. The van der Waals surface area contributed by atoms with Gasteiger partial charge in [0.15, 0.2) is 0 Å². The van der Waals surface area contributed by atoms with E-state index in [0.29, 0.717) is 11.1 Å². The number of nitrogens with one attached hydrogen (secondary N) is 1. The maximum Gasteiger partial charge on any atom is 0.311 e. The van der Waals surface area contributed by atoms with E-state index in [2.05, 4.69) is 26.1 Å². The van der Waals surface area contributed by atoms with E-state index in [0.717, 1.165) is 12.8 Å². The molecule has 1 aromatic rings. The first-order valence-electron chi connectivity index (χ1n) is 8.44. The van der Waals surface area contributed by atoms with Crippen LogP contribution in [0, 0.1) is 18.3 Å². The van der Waals surface area contributed by atoms with Crippen LogP contribution in [0.5, 0.6) is 0 Å². The topological polar surface area (TPSA) is 88.8 Å². The molecule has 2 rings (SSSR count). The number of carbonyl (C=O) groups is 2. The summed E-state index contributed by atoms with van der Waals surface area (Å²) in [5, 5.41) is 12.1. The van der Waals surface area contributed by atoms with E-state index in [1.165, 1.54) is 6.26 Å². The molecule has 1 aliphatic rings. The second-order valence-corrected chi connectivity index (χ2v) is 6.69. The van der Waals surface area contributed by atoms with Gasteiger partial charge in [0.1, 0.15) is 12.2 Å². The van der Waals surface area contributed by atoms with Gasteiger partial charge in [-0.1, -0.05) is 20.8 Å². The van der Waals surface area contributed by atoms with Crippen LogP contribution in [0.25, 0.3) is 0 Å². The number of furan rings is 1. The highest BCUT2D eigenvalue weighted by molar-refractivity contribution is 5.97. The summed E-state index contributed by atoms with van der Waals surface area (Å²) in [7, 11) is 1.71. The fourth-order valence-electron chi connectivity index (χ4n) is 4.38. The van der Waals surface area contributed by atoms with Crippen molar-refractivity contribution in [2.24, 2.45) is 11.3 Å². The molecule has 1 heterocycles. The molecule has 134 valence electrons. The lowest BCUT2D eigenvalue weighted by Gasteiger charge is -2.59. The molecule has 2 N–H and O–H groups in total. The van der Waals surface area contributed by atoms with Crippen LogP contribution in [0.15, 0.2) is 10.7 Å². The average Bonchev–Trinajstić information content (AvgIpc) is 2.89. The van der Waals surface area contributed by atoms with Gasteiger partial charge in [0.2, 0.25) is 0 Å². The van der Waals surface area contributed by atoms with Crippen molar-refractivity contribution in [2.45, 2.75) is 59.1 Å². The molecule has 0 spiro atoms. The fraction of sp³-hybridized carbons (Fsp3) is 0.667. The van der Waals surface area contributed by atoms with E-state index in [9.17, 15) is 9.59 Å². The van der Waals surface area contributed by atoms with Crippen LogP contribution in [0.4, 0.5) is 0 Å². The average molecular weight is 337 g/mol. The highest BCUT2D eigenvalue weighted by Crippen LogP contribution is 2.52. The maximum atomic E-state index is 12.8. The molecule has 6 nitrogen and oxygen atoms in total. The smallest absolute Gasteiger partial charge is 0.311 e. The van der Waals surface area contributed by atoms with E-state index < -0.39 is 5.97 Å². The first-order chi connectivity index (χ1) is 11.3. The quantitative estimate of drug-likeness (QED) is 0.798. The Morgan fingerprint density at radius 3 is 2.50 bits per heavy atom. The summed E-state index contributed by atoms with van der Waals surface area (Å²) in [6, 6.07) is -0.00284. The summed E-state index contributed by atoms with van der Waals surface area (Å²) in [4.78, 5) is 23.8. The van der Waals surface area contributed by atoms with Crippen molar-refractivity contribution >= 4 is 11.9 Å². The molecule has 0 aliphatic heterocycles. The van der Waals surface area contributed by atoms with Gasteiger partial charge in [-0.3, -0.25) is 9.59 Å². The van der Waals surface area contributed by atoms with Gasteiger partial charge in [-0.05, 0) is 19.8 Å². The van der Waals surface area contributed by atoms with Gasteiger partial charge in [0, 0.05) is 30.0 Å². The first-order valence-corrected chi connectivity index (χ1v) is 8.44. The van der Waals surface area contributed by atoms with E-state index in [1.807, 2.05) is 0 Å². The molecule has 1 saturated carbocycles. The Bertz CT molecular complexity index is 617. The highest BCUT2D eigenvalue weighted by Gasteiger charge is 2.59. The van der Waals surface area contributed by atoms with Gasteiger partial charge >= 0.3 is 5.97 Å². The van der Waals surface area contributed by atoms with Gasteiger partial charge in [-0.15, -0.1) is 0 Å². The van der Waals surface area contributed by atoms with Gasteiger partial charge in [-0.2, -0.15) is 0 Å². The molecule has 1 fully saturated rings. The van der Waals surface area contributed by atoms with Gasteiger partial charge < -0.3 is 19.6 Å². The number of hydrogen-bond acceptors (Lipinski definition) is 4. The number of aliphatic carboxylic acids is 1. The Hall–Kier alpha value is -1.82. The molecule has 3 atom stereocenters. The van der Waals surface area contributed by atoms with Gasteiger partial charge in [0.05, 0.1) is 17.9 Å². The van der Waals surface area contributed by atoms with Crippen LogP contribution >= 0.6 is 0 Å². The number of amides is 1. The summed E-state index contributed by atoms with van der Waals surface area (Å²) in [5.74, 6) is -0.887. The third-order valence-electron chi connectivity index (χ3n) is 5.64. The number of carboxylic acids is 1. The number of methoxy groups -OCH3 is 1. The summed E-state index contributed by atoms with van der Waals surface area (Å²) < 4.78 is 10.9. The molecule has 0 bridgehead atoms. The minimum absolute atomic E-state index is 0.00284. The highest BCUT2D eigenvalue weighted by atomic mass is 16.5. The van der Waals surface area contributed by atoms with Gasteiger partial charge in [-0.25, -0.2) is 0 Å². The van der Waals surface area contributed by atoms with Crippen LogP contribution in [0.2, 0.25) is 0 Å². The number of aryl methyl sites for hydroxylation is 1. The lowest BCUT2D eigenvalue weighted by molar-refractivity contribution is -0.164. The minimum Gasteiger partial charge on any atom is -0.481 e. The van der Waals surface area contributed by atoms with E-state index in [-0.39, 0.29) is 41.6 Å². The Morgan fingerprint density at radius 1 is 1.38 bits per heavy atom. The van der Waals surface area contributed by atoms with E-state index in [1.54, 1.807) is 14.0 Å².